The molecule has 5 nitrogen and oxygen atoms in total. The summed E-state index contributed by atoms with van der Waals surface area (Å²) >= 11 is 0. The molecule has 0 aromatic heterocycles. The predicted octanol–water partition coefficient (Wildman–Crippen LogP) is 6.61. The summed E-state index contributed by atoms with van der Waals surface area (Å²) in [5, 5.41) is 10.3. The number of carboxylic acids is 1. The van der Waals surface area contributed by atoms with Crippen molar-refractivity contribution in [2.45, 2.75) is 18.8 Å². The first-order valence-electron chi connectivity index (χ1n) is 12.4. The second-order valence-electron chi connectivity index (χ2n) is 9.50. The Bertz CT molecular complexity index is 1480. The Morgan fingerprint density at radius 1 is 0.763 bits per heavy atom. The Morgan fingerprint density at radius 2 is 1.42 bits per heavy atom. The van der Waals surface area contributed by atoms with E-state index >= 15 is 0 Å². The number of aliphatic carboxylic acids is 1. The first-order chi connectivity index (χ1) is 18.4. The molecule has 0 saturated heterocycles. The number of halogens is 1. The van der Waals surface area contributed by atoms with Gasteiger partial charge in [-0.05, 0) is 65.1 Å². The Labute approximate surface area is 220 Å². The summed E-state index contributed by atoms with van der Waals surface area (Å²) < 4.78 is 24.8. The van der Waals surface area contributed by atoms with Crippen LogP contribution in [0, 0.1) is 24.6 Å². The van der Waals surface area contributed by atoms with Gasteiger partial charge >= 0.3 is 11.9 Å². The van der Waals surface area contributed by atoms with Crippen LogP contribution in [0.5, 0.6) is 11.5 Å². The molecule has 0 heterocycles. The van der Waals surface area contributed by atoms with E-state index in [-0.39, 0.29) is 5.82 Å². The number of methoxy groups -OCH3 is 1. The maximum Gasteiger partial charge on any atom is 0.315 e. The molecule has 38 heavy (non-hydrogen) atoms. The minimum atomic E-state index is -0.975. The van der Waals surface area contributed by atoms with E-state index in [2.05, 4.69) is 0 Å². The van der Waals surface area contributed by atoms with Crippen molar-refractivity contribution >= 4 is 11.9 Å². The lowest BCUT2D eigenvalue weighted by atomic mass is 9.52. The van der Waals surface area contributed by atoms with E-state index in [4.69, 9.17) is 9.47 Å². The van der Waals surface area contributed by atoms with Gasteiger partial charge < -0.3 is 14.6 Å². The zero-order valence-corrected chi connectivity index (χ0v) is 21.0. The second kappa shape index (κ2) is 10.5. The number of carboxylic acid groups (broad SMARTS) is 1. The molecular weight excluding hydrogens is 483 g/mol. The van der Waals surface area contributed by atoms with Gasteiger partial charge in [0.15, 0.2) is 0 Å². The molecule has 1 saturated carbocycles. The fourth-order valence-electron chi connectivity index (χ4n) is 5.59. The highest BCUT2D eigenvalue weighted by molar-refractivity contribution is 5.86. The summed E-state index contributed by atoms with van der Waals surface area (Å²) in [7, 11) is 1.53. The van der Waals surface area contributed by atoms with Crippen LogP contribution in [-0.4, -0.2) is 24.2 Å². The van der Waals surface area contributed by atoms with Crippen molar-refractivity contribution in [2.24, 2.45) is 11.8 Å². The molecule has 1 aliphatic rings. The van der Waals surface area contributed by atoms with E-state index in [1.54, 1.807) is 36.4 Å². The molecule has 0 radical (unpaired) electrons. The average molecular weight is 511 g/mol. The topological polar surface area (TPSA) is 72.8 Å². The van der Waals surface area contributed by atoms with E-state index in [1.165, 1.54) is 19.2 Å². The quantitative estimate of drug-likeness (QED) is 0.224. The molecule has 4 atom stereocenters. The highest BCUT2D eigenvalue weighted by Crippen LogP contribution is 2.59. The van der Waals surface area contributed by atoms with Gasteiger partial charge in [0.1, 0.15) is 17.3 Å². The minimum Gasteiger partial charge on any atom is -0.496 e. The van der Waals surface area contributed by atoms with Crippen LogP contribution in [0.4, 0.5) is 4.39 Å². The summed E-state index contributed by atoms with van der Waals surface area (Å²) in [5.74, 6) is -3.75. The summed E-state index contributed by atoms with van der Waals surface area (Å²) in [4.78, 5) is 26.4. The number of hydrogen-bond acceptors (Lipinski definition) is 4. The van der Waals surface area contributed by atoms with Gasteiger partial charge in [0.05, 0.1) is 18.9 Å². The SMILES string of the molecule is COc1ccccc1[C@@H]1[C@H](C(=O)Oc2cccc(-c3ccc(F)cc3)c2)[C@@H](c2ccccc2C)[C@@H]1C(=O)O. The molecule has 1 N–H and O–H groups in total. The summed E-state index contributed by atoms with van der Waals surface area (Å²) in [6.07, 6.45) is 0. The van der Waals surface area contributed by atoms with Crippen LogP contribution in [0.3, 0.4) is 0 Å². The summed E-state index contributed by atoms with van der Waals surface area (Å²) in [6.45, 7) is 1.92. The minimum absolute atomic E-state index is 0.331. The lowest BCUT2D eigenvalue weighted by Crippen LogP contribution is -2.52. The Morgan fingerprint density at radius 3 is 2.11 bits per heavy atom. The number of carbonyl (C=O) groups is 2. The van der Waals surface area contributed by atoms with Crippen molar-refractivity contribution < 1.29 is 28.6 Å². The van der Waals surface area contributed by atoms with Gasteiger partial charge in [0.25, 0.3) is 0 Å². The van der Waals surface area contributed by atoms with Crippen molar-refractivity contribution in [1.82, 2.24) is 0 Å². The smallest absolute Gasteiger partial charge is 0.315 e. The second-order valence-corrected chi connectivity index (χ2v) is 9.50. The molecule has 4 aromatic rings. The molecular formula is C32H27FO5. The van der Waals surface area contributed by atoms with Gasteiger partial charge in [-0.1, -0.05) is 66.7 Å². The first kappa shape index (κ1) is 25.2. The molecule has 0 spiro atoms. The average Bonchev–Trinajstić information content (AvgIpc) is 2.90. The van der Waals surface area contributed by atoms with Crippen molar-refractivity contribution in [3.8, 4) is 22.6 Å². The number of aryl methyl sites for hydroxylation is 1. The van der Waals surface area contributed by atoms with Crippen LogP contribution >= 0.6 is 0 Å². The number of carbonyl (C=O) groups excluding carboxylic acids is 1. The van der Waals surface area contributed by atoms with Crippen LogP contribution in [0.1, 0.15) is 28.5 Å². The van der Waals surface area contributed by atoms with Crippen LogP contribution < -0.4 is 9.47 Å². The van der Waals surface area contributed by atoms with Gasteiger partial charge in [-0.15, -0.1) is 0 Å². The van der Waals surface area contributed by atoms with E-state index in [0.29, 0.717) is 17.1 Å². The number of benzene rings is 4. The monoisotopic (exact) mass is 510 g/mol. The Balaban J connectivity index is 1.53. The van der Waals surface area contributed by atoms with Crippen LogP contribution in [0.2, 0.25) is 0 Å². The third kappa shape index (κ3) is 4.65. The number of esters is 1. The van der Waals surface area contributed by atoms with Gasteiger partial charge in [0, 0.05) is 11.8 Å². The van der Waals surface area contributed by atoms with E-state index in [1.807, 2.05) is 55.5 Å². The maximum atomic E-state index is 13.8. The normalized spacial score (nSPS) is 20.3. The molecule has 4 aromatic carbocycles. The highest BCUT2D eigenvalue weighted by Gasteiger charge is 2.60. The molecule has 5 rings (SSSR count). The van der Waals surface area contributed by atoms with Crippen molar-refractivity contribution in [2.75, 3.05) is 7.11 Å². The van der Waals surface area contributed by atoms with Crippen LogP contribution in [-0.2, 0) is 9.59 Å². The lowest BCUT2D eigenvalue weighted by molar-refractivity contribution is -0.158. The van der Waals surface area contributed by atoms with Gasteiger partial charge in [-0.2, -0.15) is 0 Å². The van der Waals surface area contributed by atoms with Gasteiger partial charge in [-0.25, -0.2) is 4.39 Å². The zero-order chi connectivity index (χ0) is 26.8. The number of rotatable bonds is 7. The Kier molecular flexibility index (Phi) is 6.97. The number of hydrogen-bond donors (Lipinski definition) is 1. The molecule has 0 amide bonds. The predicted molar refractivity (Wildman–Crippen MR) is 142 cm³/mol. The standard InChI is InChI=1S/C32H27FO5/c1-19-8-3-4-11-24(19)27-29(31(34)35)28(25-12-5-6-13-26(25)37-2)30(27)32(36)38-23-10-7-9-21(18-23)20-14-16-22(33)17-15-20/h3-18,27-30H,1-2H3,(H,34,35)/t27-,28-,29-,30+/m0/s1. The summed E-state index contributed by atoms with van der Waals surface area (Å²) in [6, 6.07) is 27.8. The molecule has 0 aliphatic heterocycles. The van der Waals surface area contributed by atoms with E-state index in [0.717, 1.165) is 22.3 Å². The third-order valence-electron chi connectivity index (χ3n) is 7.38. The largest absolute Gasteiger partial charge is 0.496 e. The third-order valence-corrected chi connectivity index (χ3v) is 7.38. The molecule has 6 heteroatoms. The van der Waals surface area contributed by atoms with Crippen molar-refractivity contribution in [3.05, 3.63) is 120 Å². The molecule has 1 fully saturated rings. The molecule has 1 aliphatic carbocycles. The van der Waals surface area contributed by atoms with E-state index < -0.39 is 35.6 Å². The van der Waals surface area contributed by atoms with Crippen molar-refractivity contribution in [1.29, 1.82) is 0 Å². The molecule has 0 unspecified atom stereocenters. The van der Waals surface area contributed by atoms with Crippen LogP contribution in [0.15, 0.2) is 97.1 Å². The Hall–Kier alpha value is -4.45. The zero-order valence-electron chi connectivity index (χ0n) is 21.0. The number of para-hydroxylation sites is 1. The number of ether oxygens (including phenoxy) is 2. The lowest BCUT2D eigenvalue weighted by Gasteiger charge is -2.49. The van der Waals surface area contributed by atoms with E-state index in [9.17, 15) is 19.1 Å². The van der Waals surface area contributed by atoms with Gasteiger partial charge in [-0.3, -0.25) is 9.59 Å². The molecule has 0 bridgehead atoms. The first-order valence-corrected chi connectivity index (χ1v) is 12.4. The molecule has 192 valence electrons. The highest BCUT2D eigenvalue weighted by atomic mass is 19.1. The fraction of sp³-hybridized carbons (Fsp3) is 0.188. The van der Waals surface area contributed by atoms with Crippen molar-refractivity contribution in [3.63, 3.8) is 0 Å². The summed E-state index contributed by atoms with van der Waals surface area (Å²) in [5.41, 5.74) is 3.94. The maximum absolute atomic E-state index is 13.8. The van der Waals surface area contributed by atoms with Gasteiger partial charge in [0.2, 0.25) is 0 Å². The van der Waals surface area contributed by atoms with Crippen LogP contribution in [0.25, 0.3) is 11.1 Å². The fourth-order valence-corrected chi connectivity index (χ4v) is 5.59.